The van der Waals surface area contributed by atoms with Crippen LogP contribution < -0.4 is 5.32 Å². The first-order valence-corrected chi connectivity index (χ1v) is 6.42. The molecule has 2 atom stereocenters. The van der Waals surface area contributed by atoms with Gasteiger partial charge in [-0.15, -0.1) is 11.6 Å². The second-order valence-electron chi connectivity index (χ2n) is 4.45. The molecule has 0 saturated carbocycles. The molecule has 0 fully saturated rings. The fourth-order valence-electron chi connectivity index (χ4n) is 1.73. The first-order valence-electron chi connectivity index (χ1n) is 5.88. The maximum absolute atomic E-state index is 5.87. The van der Waals surface area contributed by atoms with Crippen LogP contribution >= 0.6 is 11.6 Å². The van der Waals surface area contributed by atoms with Gasteiger partial charge in [-0.05, 0) is 24.3 Å². The van der Waals surface area contributed by atoms with Crippen LogP contribution in [0.5, 0.6) is 0 Å². The summed E-state index contributed by atoms with van der Waals surface area (Å²) in [6.45, 7) is 4.27. The first-order chi connectivity index (χ1) is 8.22. The van der Waals surface area contributed by atoms with E-state index in [-0.39, 0.29) is 0 Å². The summed E-state index contributed by atoms with van der Waals surface area (Å²) < 4.78 is 0. The van der Waals surface area contributed by atoms with Crippen LogP contribution in [0.25, 0.3) is 10.8 Å². The molecule has 90 valence electrons. The third-order valence-corrected chi connectivity index (χ3v) is 3.62. The van der Waals surface area contributed by atoms with Gasteiger partial charge in [0.15, 0.2) is 0 Å². The number of hydrogen-bond acceptors (Lipinski definition) is 2. The Labute approximate surface area is 107 Å². The zero-order valence-corrected chi connectivity index (χ0v) is 10.9. The number of nitrogens with one attached hydrogen (secondary N) is 1. The fourth-order valence-corrected chi connectivity index (χ4v) is 1.99. The number of fused-ring (bicyclic) bond motifs is 1. The summed E-state index contributed by atoms with van der Waals surface area (Å²) in [5.74, 6) is 2.00. The molecule has 0 amide bonds. The smallest absolute Gasteiger partial charge is 0.134 e. The molecular formula is C14H17ClN2. The zero-order chi connectivity index (χ0) is 12.3. The van der Waals surface area contributed by atoms with Crippen molar-refractivity contribution in [2.45, 2.75) is 19.9 Å². The van der Waals surface area contributed by atoms with E-state index < -0.39 is 0 Å². The number of anilines is 1. The van der Waals surface area contributed by atoms with Gasteiger partial charge < -0.3 is 5.32 Å². The van der Waals surface area contributed by atoms with Crippen LogP contribution in [0.3, 0.4) is 0 Å². The lowest BCUT2D eigenvalue weighted by Gasteiger charge is -2.20. The van der Waals surface area contributed by atoms with Gasteiger partial charge in [-0.25, -0.2) is 4.98 Å². The van der Waals surface area contributed by atoms with Crippen molar-refractivity contribution in [2.24, 2.45) is 5.92 Å². The monoisotopic (exact) mass is 248 g/mol. The number of alkyl halides is 1. The second-order valence-corrected chi connectivity index (χ2v) is 4.75. The van der Waals surface area contributed by atoms with E-state index in [0.29, 0.717) is 17.8 Å². The van der Waals surface area contributed by atoms with Crippen molar-refractivity contribution in [3.8, 4) is 0 Å². The standard InChI is InChI=1S/C14H17ClN2/c1-10(9-15)11(2)17-14-13-6-4-3-5-12(13)7-8-16-14/h3-8,10-11H,9H2,1-2H3,(H,16,17). The number of hydrogen-bond donors (Lipinski definition) is 1. The molecule has 0 aliphatic heterocycles. The lowest BCUT2D eigenvalue weighted by Crippen LogP contribution is -2.25. The van der Waals surface area contributed by atoms with E-state index in [9.17, 15) is 0 Å². The molecule has 0 radical (unpaired) electrons. The Kier molecular flexibility index (Phi) is 3.85. The van der Waals surface area contributed by atoms with Gasteiger partial charge in [0.05, 0.1) is 0 Å². The first kappa shape index (κ1) is 12.2. The molecule has 1 heterocycles. The number of halogens is 1. The normalized spacial score (nSPS) is 14.5. The number of aromatic nitrogens is 1. The zero-order valence-electron chi connectivity index (χ0n) is 10.2. The van der Waals surface area contributed by atoms with Crippen molar-refractivity contribution in [2.75, 3.05) is 11.2 Å². The lowest BCUT2D eigenvalue weighted by atomic mass is 10.1. The van der Waals surface area contributed by atoms with Crippen molar-refractivity contribution >= 4 is 28.2 Å². The molecule has 0 saturated heterocycles. The molecule has 0 aliphatic carbocycles. The molecule has 17 heavy (non-hydrogen) atoms. The Morgan fingerprint density at radius 2 is 2.00 bits per heavy atom. The SMILES string of the molecule is CC(CCl)C(C)Nc1nccc2ccccc12. The highest BCUT2D eigenvalue weighted by molar-refractivity contribution is 6.18. The van der Waals surface area contributed by atoms with Crippen molar-refractivity contribution in [1.82, 2.24) is 4.98 Å². The molecule has 0 spiro atoms. The highest BCUT2D eigenvalue weighted by Crippen LogP contribution is 2.22. The van der Waals surface area contributed by atoms with Gasteiger partial charge in [0.25, 0.3) is 0 Å². The van der Waals surface area contributed by atoms with Gasteiger partial charge in [0.1, 0.15) is 5.82 Å². The minimum absolute atomic E-state index is 0.311. The van der Waals surface area contributed by atoms with Gasteiger partial charge >= 0.3 is 0 Å². The van der Waals surface area contributed by atoms with Crippen LogP contribution in [0, 0.1) is 5.92 Å². The van der Waals surface area contributed by atoms with Crippen LogP contribution in [0.2, 0.25) is 0 Å². The van der Waals surface area contributed by atoms with Crippen LogP contribution in [-0.4, -0.2) is 16.9 Å². The second kappa shape index (κ2) is 5.37. The molecule has 0 aliphatic rings. The summed E-state index contributed by atoms with van der Waals surface area (Å²) in [5, 5.41) is 5.80. The Balaban J connectivity index is 2.30. The summed E-state index contributed by atoms with van der Waals surface area (Å²) in [5.41, 5.74) is 0. The van der Waals surface area contributed by atoms with Crippen molar-refractivity contribution in [3.63, 3.8) is 0 Å². The number of benzene rings is 1. The predicted octanol–water partition coefficient (Wildman–Crippen LogP) is 3.91. The molecule has 3 heteroatoms. The Morgan fingerprint density at radius 3 is 2.76 bits per heavy atom. The molecular weight excluding hydrogens is 232 g/mol. The van der Waals surface area contributed by atoms with E-state index in [1.165, 1.54) is 5.39 Å². The third-order valence-electron chi connectivity index (χ3n) is 3.13. The molecule has 1 aromatic carbocycles. The van der Waals surface area contributed by atoms with Gasteiger partial charge in [-0.2, -0.15) is 0 Å². The minimum Gasteiger partial charge on any atom is -0.367 e. The topological polar surface area (TPSA) is 24.9 Å². The molecule has 1 aromatic heterocycles. The highest BCUT2D eigenvalue weighted by Gasteiger charge is 2.12. The molecule has 2 nitrogen and oxygen atoms in total. The van der Waals surface area contributed by atoms with Crippen molar-refractivity contribution < 1.29 is 0 Å². The molecule has 1 N–H and O–H groups in total. The Hall–Kier alpha value is -1.28. The van der Waals surface area contributed by atoms with E-state index in [1.54, 1.807) is 0 Å². The van der Waals surface area contributed by atoms with Gasteiger partial charge in [-0.3, -0.25) is 0 Å². The van der Waals surface area contributed by atoms with Crippen LogP contribution in [0.1, 0.15) is 13.8 Å². The molecule has 2 rings (SSSR count). The fraction of sp³-hybridized carbons (Fsp3) is 0.357. The molecule has 0 bridgehead atoms. The molecule has 2 unspecified atom stereocenters. The van der Waals surface area contributed by atoms with E-state index in [2.05, 4.69) is 36.3 Å². The predicted molar refractivity (Wildman–Crippen MR) is 74.7 cm³/mol. The summed E-state index contributed by atoms with van der Waals surface area (Å²) in [6.07, 6.45) is 1.84. The number of rotatable bonds is 4. The number of nitrogens with zero attached hydrogens (tertiary/aromatic N) is 1. The maximum Gasteiger partial charge on any atom is 0.134 e. The van der Waals surface area contributed by atoms with E-state index in [1.807, 2.05) is 24.4 Å². The average molecular weight is 249 g/mol. The Morgan fingerprint density at radius 1 is 1.24 bits per heavy atom. The van der Waals surface area contributed by atoms with Crippen LogP contribution in [0.15, 0.2) is 36.5 Å². The number of pyridine rings is 1. The van der Waals surface area contributed by atoms with Crippen molar-refractivity contribution in [3.05, 3.63) is 36.5 Å². The summed E-state index contributed by atoms with van der Waals surface area (Å²) in [4.78, 5) is 4.41. The third kappa shape index (κ3) is 2.70. The largest absolute Gasteiger partial charge is 0.367 e. The summed E-state index contributed by atoms with van der Waals surface area (Å²) >= 11 is 5.87. The quantitative estimate of drug-likeness (QED) is 0.830. The highest BCUT2D eigenvalue weighted by atomic mass is 35.5. The maximum atomic E-state index is 5.87. The van der Waals surface area contributed by atoms with Gasteiger partial charge in [0.2, 0.25) is 0 Å². The van der Waals surface area contributed by atoms with E-state index in [4.69, 9.17) is 11.6 Å². The summed E-state index contributed by atoms with van der Waals surface area (Å²) in [6, 6.07) is 10.6. The molecule has 2 aromatic rings. The Bertz CT molecular complexity index is 493. The van der Waals surface area contributed by atoms with Gasteiger partial charge in [0, 0.05) is 23.5 Å². The van der Waals surface area contributed by atoms with Crippen LogP contribution in [0.4, 0.5) is 5.82 Å². The average Bonchev–Trinajstić information content (AvgIpc) is 2.38. The lowest BCUT2D eigenvalue weighted by molar-refractivity contribution is 0.565. The summed E-state index contributed by atoms with van der Waals surface area (Å²) in [7, 11) is 0. The minimum atomic E-state index is 0.311. The van der Waals surface area contributed by atoms with E-state index in [0.717, 1.165) is 11.2 Å². The van der Waals surface area contributed by atoms with Crippen LogP contribution in [-0.2, 0) is 0 Å². The van der Waals surface area contributed by atoms with Gasteiger partial charge in [-0.1, -0.05) is 31.2 Å². The van der Waals surface area contributed by atoms with E-state index >= 15 is 0 Å². The van der Waals surface area contributed by atoms with Crippen molar-refractivity contribution in [1.29, 1.82) is 0 Å².